The predicted molar refractivity (Wildman–Crippen MR) is 81.3 cm³/mol. The molecule has 1 heterocycles. The number of nitrogens with zero attached hydrogens (tertiary/aromatic N) is 1. The van der Waals surface area contributed by atoms with Crippen LogP contribution in [0.4, 0.5) is 10.5 Å². The normalized spacial score (nSPS) is 17.6. The maximum atomic E-state index is 12.4. The van der Waals surface area contributed by atoms with Crippen LogP contribution in [0.1, 0.15) is 33.6 Å². The molecule has 110 valence electrons. The largest absolute Gasteiger partial charge is 0.486 e. The maximum Gasteiger partial charge on any atom is 0.322 e. The molecule has 0 fully saturated rings. The fourth-order valence-electron chi connectivity index (χ4n) is 2.27. The Balaban J connectivity index is 2.08. The summed E-state index contributed by atoms with van der Waals surface area (Å²) in [5.41, 5.74) is 0.860. The SMILES string of the molecule is CCC1CN(C(=O)NCCC(C)C)c2ccccc2O1. The molecular weight excluding hydrogens is 252 g/mol. The van der Waals surface area contributed by atoms with E-state index in [0.29, 0.717) is 19.0 Å². The number of para-hydroxylation sites is 2. The minimum absolute atomic E-state index is 0.0279. The van der Waals surface area contributed by atoms with Crippen molar-refractivity contribution in [3.63, 3.8) is 0 Å². The van der Waals surface area contributed by atoms with Crippen molar-refractivity contribution in [2.45, 2.75) is 39.7 Å². The summed E-state index contributed by atoms with van der Waals surface area (Å²) in [7, 11) is 0. The third-order valence-corrected chi connectivity index (χ3v) is 3.53. The number of benzene rings is 1. The third-order valence-electron chi connectivity index (χ3n) is 3.53. The van der Waals surface area contributed by atoms with Gasteiger partial charge < -0.3 is 10.1 Å². The van der Waals surface area contributed by atoms with Crippen molar-refractivity contribution < 1.29 is 9.53 Å². The molecule has 4 heteroatoms. The molecule has 2 rings (SSSR count). The molecule has 1 aromatic rings. The number of urea groups is 1. The standard InChI is InChI=1S/C16H24N2O2/c1-4-13-11-18(16(19)17-10-9-12(2)3)14-7-5-6-8-15(14)20-13/h5-8,12-13H,4,9-11H2,1-3H3,(H,17,19). The Morgan fingerprint density at radius 2 is 2.20 bits per heavy atom. The van der Waals surface area contributed by atoms with Gasteiger partial charge in [0.05, 0.1) is 12.2 Å². The Labute approximate surface area is 121 Å². The molecule has 0 radical (unpaired) electrons. The number of fused-ring (bicyclic) bond motifs is 1. The zero-order chi connectivity index (χ0) is 14.5. The molecule has 0 saturated carbocycles. The lowest BCUT2D eigenvalue weighted by molar-refractivity contribution is 0.186. The van der Waals surface area contributed by atoms with Gasteiger partial charge in [0, 0.05) is 6.54 Å². The average molecular weight is 276 g/mol. The number of ether oxygens (including phenoxy) is 1. The van der Waals surface area contributed by atoms with Crippen LogP contribution in [0.15, 0.2) is 24.3 Å². The van der Waals surface area contributed by atoms with Gasteiger partial charge in [0.1, 0.15) is 11.9 Å². The molecule has 0 saturated heterocycles. The van der Waals surface area contributed by atoms with Crippen LogP contribution in [0.5, 0.6) is 5.75 Å². The van der Waals surface area contributed by atoms with E-state index in [2.05, 4.69) is 26.1 Å². The van der Waals surface area contributed by atoms with Gasteiger partial charge in [-0.05, 0) is 30.9 Å². The molecule has 1 N–H and O–H groups in total. The summed E-state index contributed by atoms with van der Waals surface area (Å²) in [5, 5.41) is 3.00. The number of hydrogen-bond acceptors (Lipinski definition) is 2. The van der Waals surface area contributed by atoms with E-state index >= 15 is 0 Å². The Morgan fingerprint density at radius 1 is 1.45 bits per heavy atom. The molecule has 0 spiro atoms. The molecule has 1 aromatic carbocycles. The van der Waals surface area contributed by atoms with E-state index in [1.54, 1.807) is 4.90 Å². The first-order chi connectivity index (χ1) is 9.61. The molecule has 1 aliphatic heterocycles. The highest BCUT2D eigenvalue weighted by Gasteiger charge is 2.28. The van der Waals surface area contributed by atoms with Gasteiger partial charge in [-0.25, -0.2) is 4.79 Å². The summed E-state index contributed by atoms with van der Waals surface area (Å²) >= 11 is 0. The van der Waals surface area contributed by atoms with Crippen LogP contribution in [0.2, 0.25) is 0 Å². The Bertz CT molecular complexity index is 460. The van der Waals surface area contributed by atoms with E-state index in [-0.39, 0.29) is 12.1 Å². The molecule has 20 heavy (non-hydrogen) atoms. The van der Waals surface area contributed by atoms with Crippen LogP contribution in [-0.2, 0) is 0 Å². The minimum Gasteiger partial charge on any atom is -0.486 e. The molecule has 0 aliphatic carbocycles. The van der Waals surface area contributed by atoms with Crippen molar-refractivity contribution >= 4 is 11.7 Å². The van der Waals surface area contributed by atoms with Crippen molar-refractivity contribution in [1.29, 1.82) is 0 Å². The summed E-state index contributed by atoms with van der Waals surface area (Å²) in [6, 6.07) is 7.70. The molecule has 1 unspecified atom stereocenters. The van der Waals surface area contributed by atoms with Crippen molar-refractivity contribution in [2.24, 2.45) is 5.92 Å². The summed E-state index contributed by atoms with van der Waals surface area (Å²) in [4.78, 5) is 14.2. The maximum absolute atomic E-state index is 12.4. The topological polar surface area (TPSA) is 41.6 Å². The van der Waals surface area contributed by atoms with Gasteiger partial charge in [0.15, 0.2) is 0 Å². The van der Waals surface area contributed by atoms with Crippen molar-refractivity contribution in [2.75, 3.05) is 18.0 Å². The highest BCUT2D eigenvalue weighted by Crippen LogP contribution is 2.33. The lowest BCUT2D eigenvalue weighted by atomic mass is 10.1. The number of carbonyl (C=O) groups excluding carboxylic acids is 1. The van der Waals surface area contributed by atoms with E-state index < -0.39 is 0 Å². The van der Waals surface area contributed by atoms with E-state index in [1.807, 2.05) is 24.3 Å². The van der Waals surface area contributed by atoms with Crippen LogP contribution in [0, 0.1) is 5.92 Å². The van der Waals surface area contributed by atoms with Gasteiger partial charge in [-0.2, -0.15) is 0 Å². The molecule has 0 aromatic heterocycles. The Kier molecular flexibility index (Phi) is 4.88. The second-order valence-electron chi connectivity index (χ2n) is 5.64. The lowest BCUT2D eigenvalue weighted by Gasteiger charge is -2.34. The zero-order valence-electron chi connectivity index (χ0n) is 12.6. The zero-order valence-corrected chi connectivity index (χ0v) is 12.6. The van der Waals surface area contributed by atoms with Crippen LogP contribution in [0.3, 0.4) is 0 Å². The van der Waals surface area contributed by atoms with Gasteiger partial charge in [-0.15, -0.1) is 0 Å². The average Bonchev–Trinajstić information content (AvgIpc) is 2.45. The van der Waals surface area contributed by atoms with Crippen molar-refractivity contribution in [3.05, 3.63) is 24.3 Å². The second-order valence-corrected chi connectivity index (χ2v) is 5.64. The van der Waals surface area contributed by atoms with Crippen LogP contribution in [-0.4, -0.2) is 25.2 Å². The smallest absolute Gasteiger partial charge is 0.322 e. The second kappa shape index (κ2) is 6.64. The summed E-state index contributed by atoms with van der Waals surface area (Å²) in [5.74, 6) is 1.39. The number of hydrogen-bond donors (Lipinski definition) is 1. The highest BCUT2D eigenvalue weighted by atomic mass is 16.5. The highest BCUT2D eigenvalue weighted by molar-refractivity contribution is 5.94. The fraction of sp³-hybridized carbons (Fsp3) is 0.562. The van der Waals surface area contributed by atoms with Crippen molar-refractivity contribution in [3.8, 4) is 5.75 Å². The molecule has 1 atom stereocenters. The predicted octanol–water partition coefficient (Wildman–Crippen LogP) is 3.42. The number of anilines is 1. The first-order valence-electron chi connectivity index (χ1n) is 7.42. The van der Waals surface area contributed by atoms with Gasteiger partial charge in [0.25, 0.3) is 0 Å². The Morgan fingerprint density at radius 3 is 2.90 bits per heavy atom. The summed E-state index contributed by atoms with van der Waals surface area (Å²) in [6.45, 7) is 7.72. The lowest BCUT2D eigenvalue weighted by Crippen LogP contribution is -2.48. The van der Waals surface area contributed by atoms with Gasteiger partial charge >= 0.3 is 6.03 Å². The van der Waals surface area contributed by atoms with Gasteiger partial charge in [-0.1, -0.05) is 32.9 Å². The van der Waals surface area contributed by atoms with Gasteiger partial charge in [-0.3, -0.25) is 4.90 Å². The molecule has 1 aliphatic rings. The number of carbonyl (C=O) groups is 1. The Hall–Kier alpha value is -1.71. The number of rotatable bonds is 4. The molecule has 4 nitrogen and oxygen atoms in total. The van der Waals surface area contributed by atoms with E-state index in [1.165, 1.54) is 0 Å². The first-order valence-corrected chi connectivity index (χ1v) is 7.42. The third kappa shape index (κ3) is 3.44. The molecule has 0 bridgehead atoms. The van der Waals surface area contributed by atoms with E-state index in [0.717, 1.165) is 24.3 Å². The monoisotopic (exact) mass is 276 g/mol. The quantitative estimate of drug-likeness (QED) is 0.915. The van der Waals surface area contributed by atoms with E-state index in [9.17, 15) is 4.79 Å². The molecular formula is C16H24N2O2. The fourth-order valence-corrected chi connectivity index (χ4v) is 2.27. The summed E-state index contributed by atoms with van der Waals surface area (Å²) < 4.78 is 5.88. The summed E-state index contributed by atoms with van der Waals surface area (Å²) in [6.07, 6.45) is 1.96. The molecule has 2 amide bonds. The van der Waals surface area contributed by atoms with Crippen molar-refractivity contribution in [1.82, 2.24) is 5.32 Å². The van der Waals surface area contributed by atoms with Crippen LogP contribution < -0.4 is 15.0 Å². The number of nitrogens with one attached hydrogen (secondary N) is 1. The number of amides is 2. The van der Waals surface area contributed by atoms with E-state index in [4.69, 9.17) is 4.74 Å². The van der Waals surface area contributed by atoms with Gasteiger partial charge in [0.2, 0.25) is 0 Å². The first kappa shape index (κ1) is 14.7. The van der Waals surface area contributed by atoms with Crippen LogP contribution >= 0.6 is 0 Å². The van der Waals surface area contributed by atoms with Crippen LogP contribution in [0.25, 0.3) is 0 Å². The minimum atomic E-state index is -0.0279.